The fourth-order valence-corrected chi connectivity index (χ4v) is 4.19. The lowest BCUT2D eigenvalue weighted by Gasteiger charge is -2.23. The second kappa shape index (κ2) is 6.01. The third-order valence-electron chi connectivity index (χ3n) is 4.30. The predicted molar refractivity (Wildman–Crippen MR) is 83.1 cm³/mol. The minimum atomic E-state index is 0.528. The maximum atomic E-state index is 9.67. The fraction of sp³-hybridized carbons (Fsp3) is 0.529. The molecule has 0 amide bonds. The quantitative estimate of drug-likeness (QED) is 0.610. The highest BCUT2D eigenvalue weighted by molar-refractivity contribution is 7.99. The van der Waals surface area contributed by atoms with Crippen LogP contribution in [0.4, 0.5) is 0 Å². The smallest absolute Gasteiger partial charge is 0.114 e. The summed E-state index contributed by atoms with van der Waals surface area (Å²) in [4.78, 5) is 4.79. The normalized spacial score (nSPS) is 20.7. The topological polar surface area (TPSA) is 36.7 Å². The maximum Gasteiger partial charge on any atom is 0.114 e. The standard InChI is InChI=1S/C17H20N2S/c1-2-20-17-14(11-18)16(12-7-4-3-5-8-12)13-9-6-10-15(13)19-17/h3-4,12H,2,5-10H2,1H3. The summed E-state index contributed by atoms with van der Waals surface area (Å²) in [6.07, 6.45) is 11.4. The first-order valence-corrected chi connectivity index (χ1v) is 8.57. The van der Waals surface area contributed by atoms with Crippen LogP contribution in [0.3, 0.4) is 0 Å². The molecule has 0 aliphatic heterocycles. The van der Waals surface area contributed by atoms with Crippen molar-refractivity contribution in [3.8, 4) is 6.07 Å². The van der Waals surface area contributed by atoms with E-state index in [0.29, 0.717) is 5.92 Å². The number of fused-ring (bicyclic) bond motifs is 1. The van der Waals surface area contributed by atoms with Crippen LogP contribution in [0.15, 0.2) is 17.2 Å². The first kappa shape index (κ1) is 13.7. The van der Waals surface area contributed by atoms with Crippen molar-refractivity contribution >= 4 is 11.8 Å². The third kappa shape index (κ3) is 2.38. The Morgan fingerprint density at radius 3 is 3.00 bits per heavy atom. The molecule has 2 aliphatic carbocycles. The third-order valence-corrected chi connectivity index (χ3v) is 5.16. The number of nitriles is 1. The van der Waals surface area contributed by atoms with Gasteiger partial charge < -0.3 is 0 Å². The first-order chi connectivity index (χ1) is 9.85. The Kier molecular flexibility index (Phi) is 4.12. The van der Waals surface area contributed by atoms with Crippen LogP contribution in [0, 0.1) is 11.3 Å². The van der Waals surface area contributed by atoms with E-state index in [-0.39, 0.29) is 0 Å². The van der Waals surface area contributed by atoms with Crippen molar-refractivity contribution in [1.82, 2.24) is 4.98 Å². The highest BCUT2D eigenvalue weighted by Gasteiger charge is 2.27. The number of nitrogens with zero attached hydrogens (tertiary/aromatic N) is 2. The molecule has 1 unspecified atom stereocenters. The van der Waals surface area contributed by atoms with Gasteiger partial charge in [-0.05, 0) is 61.3 Å². The van der Waals surface area contributed by atoms with Crippen molar-refractivity contribution in [2.45, 2.75) is 56.4 Å². The monoisotopic (exact) mass is 284 g/mol. The lowest BCUT2D eigenvalue weighted by atomic mass is 9.83. The Morgan fingerprint density at radius 1 is 1.40 bits per heavy atom. The van der Waals surface area contributed by atoms with E-state index in [1.165, 1.54) is 29.7 Å². The summed E-state index contributed by atoms with van der Waals surface area (Å²) in [5.74, 6) is 1.51. The van der Waals surface area contributed by atoms with Crippen LogP contribution in [-0.4, -0.2) is 10.7 Å². The number of hydrogen-bond donors (Lipinski definition) is 0. The van der Waals surface area contributed by atoms with Crippen LogP contribution in [-0.2, 0) is 12.8 Å². The lowest BCUT2D eigenvalue weighted by Crippen LogP contribution is -2.10. The zero-order valence-corrected chi connectivity index (χ0v) is 12.8. The van der Waals surface area contributed by atoms with Gasteiger partial charge in [0.2, 0.25) is 0 Å². The van der Waals surface area contributed by atoms with E-state index in [4.69, 9.17) is 4.98 Å². The molecule has 1 aromatic rings. The molecule has 2 aliphatic rings. The minimum absolute atomic E-state index is 0.528. The van der Waals surface area contributed by atoms with Gasteiger partial charge in [0.05, 0.1) is 5.56 Å². The van der Waals surface area contributed by atoms with Crippen molar-refractivity contribution in [2.75, 3.05) is 5.75 Å². The van der Waals surface area contributed by atoms with Crippen molar-refractivity contribution in [3.63, 3.8) is 0 Å². The molecule has 0 aromatic carbocycles. The summed E-state index contributed by atoms with van der Waals surface area (Å²) in [6.45, 7) is 2.13. The first-order valence-electron chi connectivity index (χ1n) is 7.58. The summed E-state index contributed by atoms with van der Waals surface area (Å²) in [6, 6.07) is 2.47. The van der Waals surface area contributed by atoms with Gasteiger partial charge in [-0.3, -0.25) is 0 Å². The molecule has 3 heteroatoms. The van der Waals surface area contributed by atoms with Gasteiger partial charge in [0.1, 0.15) is 11.1 Å². The van der Waals surface area contributed by atoms with E-state index in [9.17, 15) is 5.26 Å². The molecule has 2 nitrogen and oxygen atoms in total. The Labute approximate surface area is 125 Å². The molecule has 0 bridgehead atoms. The van der Waals surface area contributed by atoms with E-state index in [2.05, 4.69) is 25.1 Å². The molecule has 20 heavy (non-hydrogen) atoms. The van der Waals surface area contributed by atoms with Gasteiger partial charge in [-0.2, -0.15) is 5.26 Å². The number of aromatic nitrogens is 1. The number of aryl methyl sites for hydroxylation is 1. The van der Waals surface area contributed by atoms with E-state index in [1.807, 2.05) is 0 Å². The Hall–Kier alpha value is -1.27. The molecule has 0 saturated carbocycles. The SMILES string of the molecule is CCSc1nc2c(c(C3CC=CCC3)c1C#N)CCC2. The van der Waals surface area contributed by atoms with Crippen LogP contribution in [0.5, 0.6) is 0 Å². The number of hydrogen-bond acceptors (Lipinski definition) is 3. The molecule has 0 N–H and O–H groups in total. The van der Waals surface area contributed by atoms with Crippen LogP contribution in [0.2, 0.25) is 0 Å². The summed E-state index contributed by atoms with van der Waals surface area (Å²) in [5.41, 5.74) is 4.89. The molecular weight excluding hydrogens is 264 g/mol. The number of thioether (sulfide) groups is 1. The van der Waals surface area contributed by atoms with Crippen molar-refractivity contribution in [2.24, 2.45) is 0 Å². The average molecular weight is 284 g/mol. The molecule has 1 atom stereocenters. The highest BCUT2D eigenvalue weighted by atomic mass is 32.2. The fourth-order valence-electron chi connectivity index (χ4n) is 3.44. The van der Waals surface area contributed by atoms with Crippen LogP contribution >= 0.6 is 11.8 Å². The Morgan fingerprint density at radius 2 is 2.30 bits per heavy atom. The van der Waals surface area contributed by atoms with Crippen LogP contribution in [0.25, 0.3) is 0 Å². The van der Waals surface area contributed by atoms with Gasteiger partial charge in [-0.25, -0.2) is 4.98 Å². The molecular formula is C17H20N2S. The molecule has 0 spiro atoms. The van der Waals surface area contributed by atoms with Gasteiger partial charge in [0.15, 0.2) is 0 Å². The zero-order valence-electron chi connectivity index (χ0n) is 12.0. The minimum Gasteiger partial charge on any atom is -0.245 e. The van der Waals surface area contributed by atoms with Gasteiger partial charge in [0.25, 0.3) is 0 Å². The molecule has 3 rings (SSSR count). The maximum absolute atomic E-state index is 9.67. The summed E-state index contributed by atoms with van der Waals surface area (Å²) in [7, 11) is 0. The van der Waals surface area contributed by atoms with Crippen molar-refractivity contribution < 1.29 is 0 Å². The molecule has 0 radical (unpaired) electrons. The number of pyridine rings is 1. The summed E-state index contributed by atoms with van der Waals surface area (Å²) < 4.78 is 0. The summed E-state index contributed by atoms with van der Waals surface area (Å²) >= 11 is 1.72. The highest BCUT2D eigenvalue weighted by Crippen LogP contribution is 2.40. The van der Waals surface area contributed by atoms with Gasteiger partial charge >= 0.3 is 0 Å². The molecule has 1 heterocycles. The van der Waals surface area contributed by atoms with Gasteiger partial charge in [0, 0.05) is 5.69 Å². The second-order valence-corrected chi connectivity index (χ2v) is 6.76. The van der Waals surface area contributed by atoms with Crippen molar-refractivity contribution in [1.29, 1.82) is 5.26 Å². The zero-order chi connectivity index (χ0) is 13.9. The Balaban J connectivity index is 2.14. The van der Waals surface area contributed by atoms with E-state index >= 15 is 0 Å². The molecule has 104 valence electrons. The van der Waals surface area contributed by atoms with E-state index in [0.717, 1.165) is 42.0 Å². The largest absolute Gasteiger partial charge is 0.245 e. The van der Waals surface area contributed by atoms with E-state index < -0.39 is 0 Å². The van der Waals surface area contributed by atoms with E-state index in [1.54, 1.807) is 11.8 Å². The Bertz CT molecular complexity index is 584. The number of rotatable bonds is 3. The molecule has 0 saturated heterocycles. The number of allylic oxidation sites excluding steroid dienone is 2. The van der Waals surface area contributed by atoms with Gasteiger partial charge in [-0.15, -0.1) is 11.8 Å². The van der Waals surface area contributed by atoms with Crippen LogP contribution in [0.1, 0.15) is 60.9 Å². The molecule has 1 aromatic heterocycles. The predicted octanol–water partition coefficient (Wildman–Crippen LogP) is 4.38. The second-order valence-electron chi connectivity index (χ2n) is 5.51. The average Bonchev–Trinajstić information content (AvgIpc) is 2.95. The molecule has 0 fully saturated rings. The lowest BCUT2D eigenvalue weighted by molar-refractivity contribution is 0.607. The van der Waals surface area contributed by atoms with Crippen molar-refractivity contribution in [3.05, 3.63) is 34.5 Å². The van der Waals surface area contributed by atoms with Gasteiger partial charge in [-0.1, -0.05) is 19.1 Å². The van der Waals surface area contributed by atoms with Crippen LogP contribution < -0.4 is 0 Å². The summed E-state index contributed by atoms with van der Waals surface area (Å²) in [5, 5.41) is 10.6.